The van der Waals surface area contributed by atoms with E-state index < -0.39 is 0 Å². The molecule has 2 aromatic heterocycles. The molecule has 0 fully saturated rings. The van der Waals surface area contributed by atoms with Crippen molar-refractivity contribution in [2.24, 2.45) is 0 Å². The minimum atomic E-state index is 1.12. The van der Waals surface area contributed by atoms with E-state index in [0.29, 0.717) is 0 Å². The molecule has 2 heteroatoms. The summed E-state index contributed by atoms with van der Waals surface area (Å²) in [4.78, 5) is 0. The molecule has 0 saturated carbocycles. The Morgan fingerprint density at radius 2 is 0.574 bits per heavy atom. The van der Waals surface area contributed by atoms with Gasteiger partial charge in [0.1, 0.15) is 13.1 Å². The first-order valence-corrected chi connectivity index (χ1v) is 24.1. The molecule has 54 heavy (non-hydrogen) atoms. The van der Waals surface area contributed by atoms with Crippen molar-refractivity contribution < 1.29 is 9.13 Å². The maximum Gasteiger partial charge on any atom is 0.169 e. The van der Waals surface area contributed by atoms with E-state index in [9.17, 15) is 0 Å². The first kappa shape index (κ1) is 47.9. The highest BCUT2D eigenvalue weighted by Gasteiger charge is 2.05. The van der Waals surface area contributed by atoms with E-state index in [2.05, 4.69) is 96.3 Å². The van der Waals surface area contributed by atoms with Crippen LogP contribution < -0.4 is 9.13 Å². The molecular formula is C52H90N2+2. The van der Waals surface area contributed by atoms with Crippen LogP contribution in [0.1, 0.15) is 230 Å². The summed E-state index contributed by atoms with van der Waals surface area (Å²) in [5.41, 5.74) is 3.00. The van der Waals surface area contributed by atoms with Crippen LogP contribution in [0.3, 0.4) is 0 Å². The number of pyridine rings is 2. The average molecular weight is 743 g/mol. The molecule has 0 spiro atoms. The van der Waals surface area contributed by atoms with E-state index in [1.807, 2.05) is 0 Å². The number of hydrogen-bond donors (Lipinski definition) is 0. The second-order valence-corrected chi connectivity index (χ2v) is 16.7. The van der Waals surface area contributed by atoms with Gasteiger partial charge in [0.05, 0.1) is 0 Å². The molecule has 0 bridgehead atoms. The fourth-order valence-corrected chi connectivity index (χ4v) is 7.70. The molecule has 0 N–H and O–H groups in total. The van der Waals surface area contributed by atoms with E-state index in [1.54, 1.807) is 0 Å². The number of hydrogen-bond acceptors (Lipinski definition) is 0. The Hall–Kier alpha value is -2.22. The second-order valence-electron chi connectivity index (χ2n) is 16.7. The summed E-state index contributed by atoms with van der Waals surface area (Å²) in [6.45, 7) is 6.82. The molecule has 0 aromatic carbocycles. The molecule has 0 unspecified atom stereocenters. The molecule has 0 amide bonds. The summed E-state index contributed by atoms with van der Waals surface area (Å²) in [6.07, 6.45) is 65.4. The molecule has 306 valence electrons. The van der Waals surface area contributed by atoms with Crippen LogP contribution >= 0.6 is 0 Å². The zero-order chi connectivity index (χ0) is 38.3. The van der Waals surface area contributed by atoms with Gasteiger partial charge in [0.25, 0.3) is 0 Å². The van der Waals surface area contributed by atoms with Crippen LogP contribution in [-0.2, 0) is 25.9 Å². The maximum absolute atomic E-state index is 2.44. The Labute approximate surface area is 337 Å². The number of nitrogens with zero attached hydrogens (tertiary/aromatic N) is 2. The summed E-state index contributed by atoms with van der Waals surface area (Å²) < 4.78 is 4.74. The maximum atomic E-state index is 2.44. The Morgan fingerprint density at radius 3 is 0.870 bits per heavy atom. The first-order valence-electron chi connectivity index (χ1n) is 24.1. The highest BCUT2D eigenvalue weighted by atomic mass is 14.9. The van der Waals surface area contributed by atoms with Crippen LogP contribution in [0.25, 0.3) is 0 Å². The first-order chi connectivity index (χ1) is 26.8. The summed E-state index contributed by atoms with van der Waals surface area (Å²) in [7, 11) is 0. The average Bonchev–Trinajstić information content (AvgIpc) is 3.20. The van der Waals surface area contributed by atoms with E-state index >= 15 is 0 Å². The second kappa shape index (κ2) is 37.7. The Morgan fingerprint density at radius 1 is 0.315 bits per heavy atom. The zero-order valence-corrected chi connectivity index (χ0v) is 36.3. The molecule has 0 radical (unpaired) electrons. The summed E-state index contributed by atoms with van der Waals surface area (Å²) in [5.74, 6) is 0. The molecule has 2 rings (SSSR count). The van der Waals surface area contributed by atoms with Crippen molar-refractivity contribution in [3.63, 3.8) is 0 Å². The van der Waals surface area contributed by atoms with Gasteiger partial charge in [-0.2, -0.15) is 0 Å². The Bertz CT molecular complexity index is 1010. The van der Waals surface area contributed by atoms with Crippen molar-refractivity contribution in [3.8, 4) is 0 Å². The lowest BCUT2D eigenvalue weighted by molar-refractivity contribution is -0.708. The molecule has 0 aliphatic carbocycles. The lowest BCUT2D eigenvalue weighted by atomic mass is 10.0. The highest BCUT2D eigenvalue weighted by molar-refractivity contribution is 5.07. The molecule has 0 aliphatic heterocycles. The van der Waals surface area contributed by atoms with Crippen LogP contribution in [0, 0.1) is 0 Å². The number of aromatic nitrogens is 2. The predicted octanol–water partition coefficient (Wildman–Crippen LogP) is 15.7. The summed E-state index contributed by atoms with van der Waals surface area (Å²) >= 11 is 0. The van der Waals surface area contributed by atoms with Gasteiger partial charge in [0.15, 0.2) is 24.8 Å². The van der Waals surface area contributed by atoms with Crippen molar-refractivity contribution in [1.29, 1.82) is 0 Å². The van der Waals surface area contributed by atoms with Gasteiger partial charge in [-0.05, 0) is 88.2 Å². The van der Waals surface area contributed by atoms with Crippen LogP contribution in [0.5, 0.6) is 0 Å². The molecule has 2 aromatic rings. The van der Waals surface area contributed by atoms with Crippen molar-refractivity contribution in [2.45, 2.75) is 245 Å². The van der Waals surface area contributed by atoms with Crippen LogP contribution in [0.15, 0.2) is 73.4 Å². The van der Waals surface area contributed by atoms with Gasteiger partial charge in [-0.3, -0.25) is 0 Å². The van der Waals surface area contributed by atoms with E-state index in [1.165, 1.54) is 229 Å². The zero-order valence-electron chi connectivity index (χ0n) is 36.3. The number of rotatable bonds is 39. The smallest absolute Gasteiger partial charge is 0.169 e. The van der Waals surface area contributed by atoms with Gasteiger partial charge in [-0.15, -0.1) is 0 Å². The third kappa shape index (κ3) is 30.1. The van der Waals surface area contributed by atoms with E-state index in [4.69, 9.17) is 0 Å². The van der Waals surface area contributed by atoms with Gasteiger partial charge in [0.2, 0.25) is 0 Å². The molecule has 0 saturated heterocycles. The fraction of sp³-hybridized carbons (Fsp3) is 0.731. The van der Waals surface area contributed by atoms with Gasteiger partial charge < -0.3 is 0 Å². The Kier molecular flexibility index (Phi) is 33.5. The number of allylic oxidation sites excluding steroid dienone is 4. The molecule has 2 heterocycles. The van der Waals surface area contributed by atoms with Crippen molar-refractivity contribution in [3.05, 3.63) is 84.5 Å². The summed E-state index contributed by atoms with van der Waals surface area (Å²) in [5, 5.41) is 0. The third-order valence-electron chi connectivity index (χ3n) is 11.5. The van der Waals surface area contributed by atoms with Crippen LogP contribution in [0.2, 0.25) is 0 Å². The predicted molar refractivity (Wildman–Crippen MR) is 238 cm³/mol. The van der Waals surface area contributed by atoms with Crippen molar-refractivity contribution in [2.75, 3.05) is 0 Å². The number of aryl methyl sites for hydroxylation is 4. The summed E-state index contributed by atoms with van der Waals surface area (Å²) in [6, 6.07) is 9.41. The standard InChI is InChI=1S/C52H90N2/c1-3-5-7-9-11-13-15-17-19-21-23-25-27-29-31-33-35-39-51-41-47-53(48-42-51)45-37-38-46-54-49-43-52(44-50-54)40-36-34-32-30-28-26-24-22-20-18-16-14-12-10-8-6-4-2/h17-20,41-44,47-50H,3-16,21-40,45-46H2,1-2H3/q+2/b19-17-,20-18-. The molecule has 0 atom stereocenters. The fourth-order valence-electron chi connectivity index (χ4n) is 7.70. The quantitative estimate of drug-likeness (QED) is 0.0366. The third-order valence-corrected chi connectivity index (χ3v) is 11.5. The lowest BCUT2D eigenvalue weighted by Crippen LogP contribution is -2.35. The highest BCUT2D eigenvalue weighted by Crippen LogP contribution is 2.14. The van der Waals surface area contributed by atoms with Crippen LogP contribution in [0.4, 0.5) is 0 Å². The van der Waals surface area contributed by atoms with Gasteiger partial charge in [-0.25, -0.2) is 9.13 Å². The SMILES string of the molecule is CCCCCCCC/C=C\CCCCCCCCCc1cc[n+](CCCC[n+]2ccc(CCCCCCCCC/C=C\CCCCCCCC)cc2)cc1. The largest absolute Gasteiger partial charge is 0.205 e. The minimum Gasteiger partial charge on any atom is -0.205 e. The minimum absolute atomic E-state index is 1.12. The van der Waals surface area contributed by atoms with E-state index in [-0.39, 0.29) is 0 Å². The van der Waals surface area contributed by atoms with Gasteiger partial charge in [0, 0.05) is 37.1 Å². The monoisotopic (exact) mass is 743 g/mol. The van der Waals surface area contributed by atoms with Crippen LogP contribution in [-0.4, -0.2) is 0 Å². The van der Waals surface area contributed by atoms with Gasteiger partial charge >= 0.3 is 0 Å². The van der Waals surface area contributed by atoms with Crippen molar-refractivity contribution in [1.82, 2.24) is 0 Å². The Balaban J connectivity index is 1.36. The lowest BCUT2D eigenvalue weighted by Gasteiger charge is -2.03. The normalized spacial score (nSPS) is 11.8. The molecule has 2 nitrogen and oxygen atoms in total. The topological polar surface area (TPSA) is 7.76 Å². The molecular weight excluding hydrogens is 653 g/mol. The molecule has 0 aliphatic rings. The van der Waals surface area contributed by atoms with E-state index in [0.717, 1.165) is 13.1 Å². The van der Waals surface area contributed by atoms with Gasteiger partial charge in [-0.1, -0.05) is 167 Å². The van der Waals surface area contributed by atoms with Crippen molar-refractivity contribution >= 4 is 0 Å². The number of unbranched alkanes of at least 4 members (excludes halogenated alkanes) is 27.